The van der Waals surface area contributed by atoms with E-state index in [0.29, 0.717) is 16.4 Å². The molecule has 1 aliphatic carbocycles. The van der Waals surface area contributed by atoms with Crippen molar-refractivity contribution in [3.63, 3.8) is 0 Å². The van der Waals surface area contributed by atoms with E-state index in [4.69, 9.17) is 11.5 Å². The number of carbonyl (C=O) groups excluding carboxylic acids is 2. The zero-order valence-electron chi connectivity index (χ0n) is 10.4. The summed E-state index contributed by atoms with van der Waals surface area (Å²) in [6, 6.07) is 0.232. The van der Waals surface area contributed by atoms with E-state index in [0.717, 1.165) is 24.2 Å². The molecule has 1 saturated carbocycles. The van der Waals surface area contributed by atoms with Gasteiger partial charge < -0.3 is 22.1 Å². The summed E-state index contributed by atoms with van der Waals surface area (Å²) in [5.74, 6) is -0.898. The van der Waals surface area contributed by atoms with Gasteiger partial charge >= 0.3 is 0 Å². The Hall–Kier alpha value is -2.02. The fraction of sp³-hybridized carbons (Fsp3) is 0.333. The van der Waals surface area contributed by atoms with E-state index in [1.807, 2.05) is 0 Å². The topological polar surface area (TPSA) is 110 Å². The third-order valence-corrected chi connectivity index (χ3v) is 3.88. The van der Waals surface area contributed by atoms with Crippen LogP contribution in [0.3, 0.4) is 0 Å². The van der Waals surface area contributed by atoms with Crippen molar-refractivity contribution in [1.29, 1.82) is 0 Å². The molecule has 6 N–H and O–H groups in total. The Balaban J connectivity index is 2.29. The van der Waals surface area contributed by atoms with Crippen molar-refractivity contribution in [3.8, 4) is 0 Å². The fourth-order valence-electron chi connectivity index (χ4n) is 1.63. The molecule has 2 amide bonds. The molecule has 0 aliphatic heterocycles. The average Bonchev–Trinajstić information content (AvgIpc) is 3.08. The van der Waals surface area contributed by atoms with E-state index in [1.54, 1.807) is 6.08 Å². The highest BCUT2D eigenvalue weighted by atomic mass is 32.1. The fourth-order valence-corrected chi connectivity index (χ4v) is 2.66. The number of hydrogen-bond donors (Lipinski definition) is 4. The Labute approximate surface area is 114 Å². The van der Waals surface area contributed by atoms with E-state index in [2.05, 4.69) is 17.2 Å². The van der Waals surface area contributed by atoms with Crippen LogP contribution in [0.15, 0.2) is 12.7 Å². The van der Waals surface area contributed by atoms with E-state index in [9.17, 15) is 9.59 Å². The number of amides is 2. The number of carbonyl (C=O) groups is 2. The Kier molecular flexibility index (Phi) is 3.75. The highest BCUT2D eigenvalue weighted by molar-refractivity contribution is 7.19. The predicted octanol–water partition coefficient (Wildman–Crippen LogP) is 0.919. The minimum absolute atomic E-state index is 0.141. The molecule has 1 aromatic heterocycles. The molecule has 1 aliphatic rings. The Bertz CT molecular complexity index is 534. The molecule has 0 atom stereocenters. The quantitative estimate of drug-likeness (QED) is 0.581. The minimum atomic E-state index is -0.647. The summed E-state index contributed by atoms with van der Waals surface area (Å²) >= 11 is 1.14. The number of rotatable bonds is 6. The molecule has 0 radical (unpaired) electrons. The number of thiophene rings is 1. The molecule has 7 heteroatoms. The summed E-state index contributed by atoms with van der Waals surface area (Å²) in [6.45, 7) is 4.04. The Morgan fingerprint density at radius 1 is 1.47 bits per heavy atom. The largest absolute Gasteiger partial charge is 0.397 e. The maximum Gasteiger partial charge on any atom is 0.263 e. The van der Waals surface area contributed by atoms with Crippen LogP contribution in [0.2, 0.25) is 0 Å². The average molecular weight is 280 g/mol. The molecule has 19 heavy (non-hydrogen) atoms. The van der Waals surface area contributed by atoms with Crippen molar-refractivity contribution >= 4 is 33.8 Å². The molecular weight excluding hydrogens is 264 g/mol. The van der Waals surface area contributed by atoms with E-state index in [-0.39, 0.29) is 23.2 Å². The van der Waals surface area contributed by atoms with E-state index in [1.165, 1.54) is 0 Å². The second-order valence-corrected chi connectivity index (χ2v) is 5.35. The number of nitrogens with two attached hydrogens (primary N) is 2. The highest BCUT2D eigenvalue weighted by Crippen LogP contribution is 2.35. The van der Waals surface area contributed by atoms with Crippen LogP contribution >= 0.6 is 11.3 Å². The Morgan fingerprint density at radius 2 is 2.16 bits per heavy atom. The summed E-state index contributed by atoms with van der Waals surface area (Å²) in [6.07, 6.45) is 3.62. The van der Waals surface area contributed by atoms with Gasteiger partial charge in [-0.1, -0.05) is 6.08 Å². The molecule has 0 bridgehead atoms. The van der Waals surface area contributed by atoms with Gasteiger partial charge in [0.2, 0.25) is 0 Å². The normalized spacial score (nSPS) is 13.9. The van der Waals surface area contributed by atoms with Crippen molar-refractivity contribution in [3.05, 3.63) is 23.1 Å². The van der Waals surface area contributed by atoms with Crippen LogP contribution in [0, 0.1) is 0 Å². The third kappa shape index (κ3) is 2.87. The van der Waals surface area contributed by atoms with Crippen LogP contribution in [0.1, 0.15) is 32.9 Å². The third-order valence-electron chi connectivity index (χ3n) is 2.72. The second kappa shape index (κ2) is 5.31. The van der Waals surface area contributed by atoms with E-state index >= 15 is 0 Å². The maximum absolute atomic E-state index is 12.0. The smallest absolute Gasteiger partial charge is 0.263 e. The molecule has 102 valence electrons. The zero-order valence-corrected chi connectivity index (χ0v) is 11.2. The van der Waals surface area contributed by atoms with Crippen LogP contribution in [0.5, 0.6) is 0 Å². The van der Waals surface area contributed by atoms with E-state index < -0.39 is 5.91 Å². The summed E-state index contributed by atoms with van der Waals surface area (Å²) in [5, 5.41) is 6.31. The van der Waals surface area contributed by atoms with Gasteiger partial charge in [-0.25, -0.2) is 0 Å². The summed E-state index contributed by atoms with van der Waals surface area (Å²) in [4.78, 5) is 23.8. The summed E-state index contributed by atoms with van der Waals surface area (Å²) in [5.41, 5.74) is 11.5. The molecule has 6 nitrogen and oxygen atoms in total. The van der Waals surface area contributed by atoms with Crippen LogP contribution in [-0.2, 0) is 0 Å². The number of primary amides is 1. The molecule has 0 aromatic carbocycles. The van der Waals surface area contributed by atoms with Gasteiger partial charge in [-0.3, -0.25) is 9.59 Å². The van der Waals surface area contributed by atoms with Crippen molar-refractivity contribution in [2.75, 3.05) is 17.6 Å². The van der Waals surface area contributed by atoms with Gasteiger partial charge in [-0.15, -0.1) is 17.9 Å². The first-order valence-corrected chi connectivity index (χ1v) is 6.74. The second-order valence-electron chi connectivity index (χ2n) is 4.33. The monoisotopic (exact) mass is 280 g/mol. The predicted molar refractivity (Wildman–Crippen MR) is 76.4 cm³/mol. The lowest BCUT2D eigenvalue weighted by Gasteiger charge is -2.02. The first-order valence-electron chi connectivity index (χ1n) is 5.92. The van der Waals surface area contributed by atoms with Crippen molar-refractivity contribution in [2.24, 2.45) is 5.73 Å². The van der Waals surface area contributed by atoms with Gasteiger partial charge in [-0.05, 0) is 12.8 Å². The van der Waals surface area contributed by atoms with Gasteiger partial charge in [0.05, 0.1) is 11.3 Å². The molecule has 2 rings (SSSR count). The maximum atomic E-state index is 12.0. The van der Waals surface area contributed by atoms with Crippen LogP contribution in [-0.4, -0.2) is 24.4 Å². The number of hydrogen-bond acceptors (Lipinski definition) is 5. The molecule has 0 unspecified atom stereocenters. The van der Waals surface area contributed by atoms with Gasteiger partial charge in [0, 0.05) is 12.6 Å². The lowest BCUT2D eigenvalue weighted by Crippen LogP contribution is -2.25. The summed E-state index contributed by atoms with van der Waals surface area (Å²) < 4.78 is 0. The standard InChI is InChI=1S/C12H16N4O2S/c1-2-5-15-12-7(10(14)17)8(13)9(19-12)11(18)16-6-3-4-6/h2,6,15H,1,3-5,13H2,(H2,14,17)(H,16,18). The lowest BCUT2D eigenvalue weighted by molar-refractivity contribution is 0.0955. The van der Waals surface area contributed by atoms with Crippen molar-refractivity contribution in [2.45, 2.75) is 18.9 Å². The summed E-state index contributed by atoms with van der Waals surface area (Å²) in [7, 11) is 0. The molecule has 0 saturated heterocycles. The minimum Gasteiger partial charge on any atom is -0.397 e. The van der Waals surface area contributed by atoms with Crippen LogP contribution < -0.4 is 22.1 Å². The molecular formula is C12H16N4O2S. The lowest BCUT2D eigenvalue weighted by atomic mass is 10.2. The van der Waals surface area contributed by atoms with Crippen LogP contribution in [0.25, 0.3) is 0 Å². The van der Waals surface area contributed by atoms with Crippen molar-refractivity contribution < 1.29 is 9.59 Å². The number of nitrogen functional groups attached to an aromatic ring is 1. The first-order chi connectivity index (χ1) is 9.04. The number of anilines is 2. The van der Waals surface area contributed by atoms with Gasteiger partial charge in [0.1, 0.15) is 9.88 Å². The van der Waals surface area contributed by atoms with Gasteiger partial charge in [-0.2, -0.15) is 0 Å². The molecule has 1 aromatic rings. The number of nitrogens with one attached hydrogen (secondary N) is 2. The molecule has 1 fully saturated rings. The van der Waals surface area contributed by atoms with Crippen LogP contribution in [0.4, 0.5) is 10.7 Å². The molecule has 0 spiro atoms. The SMILES string of the molecule is C=CCNc1sc(C(=O)NC2CC2)c(N)c1C(N)=O. The molecule has 1 heterocycles. The zero-order chi connectivity index (χ0) is 14.0. The highest BCUT2D eigenvalue weighted by Gasteiger charge is 2.28. The first kappa shape index (κ1) is 13.4. The van der Waals surface area contributed by atoms with Gasteiger partial charge in [0.25, 0.3) is 11.8 Å². The van der Waals surface area contributed by atoms with Gasteiger partial charge in [0.15, 0.2) is 0 Å². The van der Waals surface area contributed by atoms with Crippen molar-refractivity contribution in [1.82, 2.24) is 5.32 Å². The Morgan fingerprint density at radius 3 is 2.68 bits per heavy atom.